The molecule has 0 aromatic carbocycles. The lowest BCUT2D eigenvalue weighted by Crippen LogP contribution is -1.98. The number of hydrogen-bond acceptors (Lipinski definition) is 5. The van der Waals surface area contributed by atoms with Gasteiger partial charge in [0, 0.05) is 10.4 Å². The summed E-state index contributed by atoms with van der Waals surface area (Å²) in [5.41, 5.74) is 7.26. The van der Waals surface area contributed by atoms with E-state index in [1.165, 1.54) is 7.11 Å². The van der Waals surface area contributed by atoms with Crippen LogP contribution in [0.4, 0.5) is 5.69 Å². The lowest BCUT2D eigenvalue weighted by Gasteiger charge is -2.05. The highest BCUT2D eigenvalue weighted by molar-refractivity contribution is 7.13. The minimum Gasteiger partial charge on any atom is -0.478 e. The van der Waals surface area contributed by atoms with Crippen LogP contribution in [-0.4, -0.2) is 17.3 Å². The smallest absolute Gasteiger partial charge is 0.257 e. The number of rotatable bonds is 2. The van der Waals surface area contributed by atoms with E-state index in [0.29, 0.717) is 11.6 Å². The van der Waals surface area contributed by atoms with Crippen molar-refractivity contribution < 1.29 is 4.74 Å². The fraction of sp³-hybridized carbons (Fsp3) is 0.111. The SMILES string of the molecule is COc1nncc(-c2cccs2)c1N. The molecule has 0 aliphatic heterocycles. The average molecular weight is 207 g/mol. The Morgan fingerprint density at radius 3 is 3.00 bits per heavy atom. The number of thiophene rings is 1. The first kappa shape index (κ1) is 8.96. The van der Waals surface area contributed by atoms with Crippen LogP contribution in [0.15, 0.2) is 23.7 Å². The molecule has 14 heavy (non-hydrogen) atoms. The van der Waals surface area contributed by atoms with Crippen LogP contribution in [0.5, 0.6) is 5.88 Å². The highest BCUT2D eigenvalue weighted by Crippen LogP contribution is 2.32. The van der Waals surface area contributed by atoms with Crippen LogP contribution in [0.1, 0.15) is 0 Å². The summed E-state index contributed by atoms with van der Waals surface area (Å²) in [6, 6.07) is 3.95. The largest absolute Gasteiger partial charge is 0.478 e. The van der Waals surface area contributed by atoms with Crippen LogP contribution in [-0.2, 0) is 0 Å². The Balaban J connectivity index is 2.54. The molecule has 0 fully saturated rings. The quantitative estimate of drug-likeness (QED) is 0.815. The van der Waals surface area contributed by atoms with Gasteiger partial charge in [-0.2, -0.15) is 5.10 Å². The predicted octanol–water partition coefficient (Wildman–Crippen LogP) is 1.80. The Hall–Kier alpha value is -1.62. The Morgan fingerprint density at radius 2 is 2.36 bits per heavy atom. The average Bonchev–Trinajstić information content (AvgIpc) is 2.71. The molecule has 2 N–H and O–H groups in total. The van der Waals surface area contributed by atoms with E-state index in [1.807, 2.05) is 17.5 Å². The van der Waals surface area contributed by atoms with Crippen LogP contribution < -0.4 is 10.5 Å². The highest BCUT2D eigenvalue weighted by atomic mass is 32.1. The van der Waals surface area contributed by atoms with Crippen molar-refractivity contribution in [3.8, 4) is 16.3 Å². The first-order chi connectivity index (χ1) is 6.83. The second-order valence-electron chi connectivity index (χ2n) is 2.66. The first-order valence-corrected chi connectivity index (χ1v) is 4.90. The molecule has 0 unspecified atom stereocenters. The van der Waals surface area contributed by atoms with E-state index in [1.54, 1.807) is 17.5 Å². The summed E-state index contributed by atoms with van der Waals surface area (Å²) in [6.07, 6.45) is 1.64. The third kappa shape index (κ3) is 1.42. The predicted molar refractivity (Wildman–Crippen MR) is 56.3 cm³/mol. The van der Waals surface area contributed by atoms with Gasteiger partial charge in [0.2, 0.25) is 0 Å². The molecule has 0 atom stereocenters. The van der Waals surface area contributed by atoms with Gasteiger partial charge in [0.15, 0.2) is 0 Å². The zero-order valence-electron chi connectivity index (χ0n) is 7.60. The Labute approximate surface area is 85.4 Å². The van der Waals surface area contributed by atoms with Crippen LogP contribution in [0.25, 0.3) is 10.4 Å². The normalized spacial score (nSPS) is 10.1. The Kier molecular flexibility index (Phi) is 2.32. The molecule has 2 aromatic rings. The van der Waals surface area contributed by atoms with Gasteiger partial charge in [-0.1, -0.05) is 6.07 Å². The van der Waals surface area contributed by atoms with Crippen molar-refractivity contribution in [2.75, 3.05) is 12.8 Å². The van der Waals surface area contributed by atoms with E-state index in [9.17, 15) is 0 Å². The summed E-state index contributed by atoms with van der Waals surface area (Å²) in [4.78, 5) is 1.07. The maximum absolute atomic E-state index is 5.86. The van der Waals surface area contributed by atoms with E-state index in [-0.39, 0.29) is 0 Å². The molecule has 0 saturated carbocycles. The minimum atomic E-state index is 0.371. The number of hydrogen-bond donors (Lipinski definition) is 1. The maximum atomic E-state index is 5.86. The van der Waals surface area contributed by atoms with Crippen molar-refractivity contribution in [2.24, 2.45) is 0 Å². The Morgan fingerprint density at radius 1 is 1.50 bits per heavy atom. The van der Waals surface area contributed by atoms with E-state index in [4.69, 9.17) is 10.5 Å². The summed E-state index contributed by atoms with van der Waals surface area (Å²) >= 11 is 1.61. The molecule has 72 valence electrons. The summed E-state index contributed by atoms with van der Waals surface area (Å²) < 4.78 is 4.99. The van der Waals surface area contributed by atoms with Gasteiger partial charge in [0.1, 0.15) is 5.69 Å². The second kappa shape index (κ2) is 3.63. The molecule has 0 radical (unpaired) electrons. The lowest BCUT2D eigenvalue weighted by atomic mass is 10.2. The van der Waals surface area contributed by atoms with Gasteiger partial charge in [-0.05, 0) is 11.4 Å². The number of methoxy groups -OCH3 is 1. The van der Waals surface area contributed by atoms with E-state index in [0.717, 1.165) is 10.4 Å². The van der Waals surface area contributed by atoms with Crippen molar-refractivity contribution in [2.45, 2.75) is 0 Å². The number of nitrogen functional groups attached to an aromatic ring is 1. The molecule has 5 heteroatoms. The fourth-order valence-electron chi connectivity index (χ4n) is 1.16. The van der Waals surface area contributed by atoms with Gasteiger partial charge >= 0.3 is 0 Å². The molecule has 4 nitrogen and oxygen atoms in total. The number of nitrogens with zero attached hydrogens (tertiary/aromatic N) is 2. The van der Waals surface area contributed by atoms with Crippen molar-refractivity contribution in [1.29, 1.82) is 0 Å². The van der Waals surface area contributed by atoms with Gasteiger partial charge in [0.05, 0.1) is 13.3 Å². The van der Waals surface area contributed by atoms with Gasteiger partial charge in [0.25, 0.3) is 5.88 Å². The van der Waals surface area contributed by atoms with Crippen molar-refractivity contribution in [1.82, 2.24) is 10.2 Å². The fourth-order valence-corrected chi connectivity index (χ4v) is 1.91. The first-order valence-electron chi connectivity index (χ1n) is 4.02. The molecular weight excluding hydrogens is 198 g/mol. The molecule has 2 aromatic heterocycles. The number of anilines is 1. The molecule has 0 aliphatic rings. The molecule has 0 amide bonds. The zero-order valence-corrected chi connectivity index (χ0v) is 8.41. The van der Waals surface area contributed by atoms with Crippen molar-refractivity contribution in [3.05, 3.63) is 23.7 Å². The van der Waals surface area contributed by atoms with Gasteiger partial charge in [-0.15, -0.1) is 16.4 Å². The van der Waals surface area contributed by atoms with Crippen LogP contribution in [0.2, 0.25) is 0 Å². The minimum absolute atomic E-state index is 0.371. The number of aromatic nitrogens is 2. The van der Waals surface area contributed by atoms with Crippen LogP contribution >= 0.6 is 11.3 Å². The molecule has 2 heterocycles. The van der Waals surface area contributed by atoms with E-state index < -0.39 is 0 Å². The summed E-state index contributed by atoms with van der Waals surface area (Å²) in [6.45, 7) is 0. The molecular formula is C9H9N3OS. The van der Waals surface area contributed by atoms with Gasteiger partial charge in [-0.3, -0.25) is 0 Å². The number of ether oxygens (including phenoxy) is 1. The number of nitrogens with two attached hydrogens (primary N) is 1. The molecule has 2 rings (SSSR count). The monoisotopic (exact) mass is 207 g/mol. The van der Waals surface area contributed by atoms with Crippen LogP contribution in [0.3, 0.4) is 0 Å². The topological polar surface area (TPSA) is 61.0 Å². The van der Waals surface area contributed by atoms with Crippen molar-refractivity contribution >= 4 is 17.0 Å². The zero-order chi connectivity index (χ0) is 9.97. The standard InChI is InChI=1S/C9H9N3OS/c1-13-9-8(10)6(5-11-12-9)7-3-2-4-14-7/h2-5H,1H3,(H2,10,11). The van der Waals surface area contributed by atoms with Gasteiger partial charge < -0.3 is 10.5 Å². The lowest BCUT2D eigenvalue weighted by molar-refractivity contribution is 0.394. The third-order valence-electron chi connectivity index (χ3n) is 1.84. The second-order valence-corrected chi connectivity index (χ2v) is 3.61. The highest BCUT2D eigenvalue weighted by Gasteiger charge is 2.09. The summed E-state index contributed by atoms with van der Waals surface area (Å²) in [5, 5.41) is 9.59. The third-order valence-corrected chi connectivity index (χ3v) is 2.74. The van der Waals surface area contributed by atoms with E-state index >= 15 is 0 Å². The summed E-state index contributed by atoms with van der Waals surface area (Å²) in [7, 11) is 1.53. The van der Waals surface area contributed by atoms with Crippen LogP contribution in [0, 0.1) is 0 Å². The molecule has 0 saturated heterocycles. The summed E-state index contributed by atoms with van der Waals surface area (Å²) in [5.74, 6) is 0.371. The molecule has 0 aliphatic carbocycles. The molecule has 0 spiro atoms. The molecule has 0 bridgehead atoms. The Bertz CT molecular complexity index is 428. The maximum Gasteiger partial charge on any atom is 0.257 e. The van der Waals surface area contributed by atoms with Crippen molar-refractivity contribution in [3.63, 3.8) is 0 Å². The van der Waals surface area contributed by atoms with E-state index in [2.05, 4.69) is 10.2 Å². The van der Waals surface area contributed by atoms with Gasteiger partial charge in [-0.25, -0.2) is 0 Å².